The number of carboxylic acids is 6. The standard InChI is InChI=1S/C14H17NO4.C13H16N2O4.C12H13F2NO3.C12H14N2O4.C12H16N2O3.C12H15NO3/c1-9(16)2-7-13(17)11-5-3-10(4-6-11)8-12(15)14(18)19;1-8(16)7-15-12(17)10-4-2-9(3-5-10)6-11(14)13(18)19;1-7(16)12(13,14)9-4-2-8(3-5-9)6-10(15)11(17)18;1-7(15)11(16)14-9-4-2-8(3-5-9)6-10(13)12(17)18;1-8(15)7-14-10-4-2-9(3-5-10)6-11(13)12(16)17;1-8(14)6-9-2-4-10(5-3-9)7-11(13)12(15)16/h3-6,12H,2,7-8,15H2,1H3,(H,18,19);2-5,11H,6-7,14H2,1H3,(H,15,17)(H,18,19);2-5,10H,6,15H2,1H3,(H,17,18);2-5,10H,6,13H2,1H3,(H,14,16)(H,17,18);2-5,11,14H,6-7,13H2,1H3,(H,16,17);2-5,11H,6-7,13H2,1H3,(H,15,16)/t12-;11-;2*10-;2*11-/m000000/s1. The second-order valence-electron chi connectivity index (χ2n) is 24.7. The Morgan fingerprint density at radius 2 is 0.645 bits per heavy atom. The fraction of sp³-hybridized carbons (Fsp3) is 0.320. The molecular formula is C75H91F2N9O21. The zero-order chi connectivity index (χ0) is 81.4. The third-order valence-electron chi connectivity index (χ3n) is 14.8. The minimum atomic E-state index is -3.52. The number of halogens is 2. The van der Waals surface area contributed by atoms with Crippen molar-refractivity contribution in [1.82, 2.24) is 5.32 Å². The number of Topliss-reactive ketones (excluding diaryl/α,β-unsaturated/α-hetero) is 7. The normalized spacial score (nSPS) is 12.1. The van der Waals surface area contributed by atoms with E-state index < -0.39 is 101 Å². The molecule has 6 aromatic rings. The molecule has 0 aliphatic heterocycles. The van der Waals surface area contributed by atoms with E-state index in [1.807, 2.05) is 36.4 Å². The van der Waals surface area contributed by atoms with Crippen LogP contribution in [0.2, 0.25) is 0 Å². The van der Waals surface area contributed by atoms with Crippen molar-refractivity contribution in [1.29, 1.82) is 0 Å². The van der Waals surface area contributed by atoms with Crippen LogP contribution in [0, 0.1) is 0 Å². The van der Waals surface area contributed by atoms with Crippen LogP contribution in [0.5, 0.6) is 0 Å². The summed E-state index contributed by atoms with van der Waals surface area (Å²) in [5, 5.41) is 71.0. The van der Waals surface area contributed by atoms with E-state index in [1.54, 1.807) is 84.9 Å². The molecule has 0 radical (unpaired) electrons. The highest BCUT2D eigenvalue weighted by Gasteiger charge is 2.37. The summed E-state index contributed by atoms with van der Waals surface area (Å²) in [4.78, 5) is 162. The van der Waals surface area contributed by atoms with Crippen LogP contribution >= 0.6 is 0 Å². The van der Waals surface area contributed by atoms with Crippen molar-refractivity contribution in [2.45, 2.75) is 142 Å². The minimum absolute atomic E-state index is 0.00772. The summed E-state index contributed by atoms with van der Waals surface area (Å²) in [6, 6.07) is 34.2. The number of benzene rings is 6. The molecule has 0 aliphatic rings. The zero-order valence-corrected chi connectivity index (χ0v) is 60.2. The lowest BCUT2D eigenvalue weighted by molar-refractivity contribution is -0.437. The number of carboxylic acid groups (broad SMARTS) is 6. The number of alkyl halides is 2. The molecule has 30 nitrogen and oxygen atoms in total. The van der Waals surface area contributed by atoms with Crippen LogP contribution in [0.3, 0.4) is 0 Å². The lowest BCUT2D eigenvalue weighted by atomic mass is 10.0. The van der Waals surface area contributed by atoms with Gasteiger partial charge in [0, 0.05) is 99.7 Å². The van der Waals surface area contributed by atoms with E-state index in [0.717, 1.165) is 58.1 Å². The Morgan fingerprint density at radius 1 is 0.355 bits per heavy atom. The van der Waals surface area contributed by atoms with Crippen molar-refractivity contribution in [3.8, 4) is 0 Å². The summed E-state index contributed by atoms with van der Waals surface area (Å²) >= 11 is 0. The van der Waals surface area contributed by atoms with E-state index in [1.165, 1.54) is 46.8 Å². The maximum atomic E-state index is 13.3. The van der Waals surface area contributed by atoms with Gasteiger partial charge in [0.2, 0.25) is 11.6 Å². The van der Waals surface area contributed by atoms with Gasteiger partial charge in [0.1, 0.15) is 59.4 Å². The topological polar surface area (TPSA) is 596 Å². The molecule has 107 heavy (non-hydrogen) atoms. The molecule has 0 bridgehead atoms. The Kier molecular flexibility index (Phi) is 41.4. The summed E-state index contributed by atoms with van der Waals surface area (Å²) < 4.78 is 26.7. The number of rotatable bonds is 34. The number of amides is 2. The average Bonchev–Trinajstić information content (AvgIpc) is 0.827. The molecule has 32 heteroatoms. The highest BCUT2D eigenvalue weighted by molar-refractivity contribution is 6.39. The number of carbonyl (C=O) groups excluding carboxylic acids is 15. The number of ketones is 7. The van der Waals surface area contributed by atoms with Gasteiger partial charge >= 0.3 is 5.92 Å². The third-order valence-corrected chi connectivity index (χ3v) is 14.8. The Morgan fingerprint density at radius 3 is 0.935 bits per heavy atom. The van der Waals surface area contributed by atoms with Gasteiger partial charge < -0.3 is 115 Å². The summed E-state index contributed by atoms with van der Waals surface area (Å²) in [5.41, 5.74) is 28.1. The van der Waals surface area contributed by atoms with E-state index in [-0.39, 0.29) is 86.4 Å². The molecule has 0 fully saturated rings. The van der Waals surface area contributed by atoms with Gasteiger partial charge in [0.15, 0.2) is 5.78 Å². The van der Waals surface area contributed by atoms with Gasteiger partial charge in [0.05, 0.1) is 48.9 Å². The highest BCUT2D eigenvalue weighted by atomic mass is 19.3. The molecule has 576 valence electrons. The van der Waals surface area contributed by atoms with Crippen LogP contribution in [-0.4, -0.2) is 137 Å². The largest absolute Gasteiger partial charge is 0.544 e. The van der Waals surface area contributed by atoms with E-state index >= 15 is 0 Å². The van der Waals surface area contributed by atoms with Crippen LogP contribution < -0.4 is 81.0 Å². The van der Waals surface area contributed by atoms with Crippen LogP contribution in [0.4, 0.5) is 20.2 Å². The smallest absolute Gasteiger partial charge is 0.330 e. The Labute approximate surface area is 614 Å². The maximum Gasteiger partial charge on any atom is 0.330 e. The van der Waals surface area contributed by atoms with Crippen molar-refractivity contribution in [2.75, 3.05) is 23.7 Å². The van der Waals surface area contributed by atoms with Crippen molar-refractivity contribution in [3.05, 3.63) is 201 Å². The van der Waals surface area contributed by atoms with Crippen molar-refractivity contribution < 1.29 is 146 Å². The average molecular weight is 1490 g/mol. The monoisotopic (exact) mass is 1490 g/mol. The van der Waals surface area contributed by atoms with Crippen molar-refractivity contribution in [2.24, 2.45) is 0 Å². The summed E-state index contributed by atoms with van der Waals surface area (Å²) in [6.45, 7) is 8.16. The number of nitrogens with one attached hydrogen (secondary N) is 3. The highest BCUT2D eigenvalue weighted by Crippen LogP contribution is 2.29. The first-order valence-corrected chi connectivity index (χ1v) is 32.9. The van der Waals surface area contributed by atoms with E-state index in [4.69, 9.17) is 0 Å². The maximum absolute atomic E-state index is 13.3. The molecule has 0 aliphatic carbocycles. The van der Waals surface area contributed by atoms with Gasteiger partial charge in [-0.1, -0.05) is 109 Å². The number of anilines is 2. The van der Waals surface area contributed by atoms with Crippen LogP contribution in [-0.2, 0) is 113 Å². The van der Waals surface area contributed by atoms with Crippen LogP contribution in [0.1, 0.15) is 120 Å². The molecule has 0 heterocycles. The Hall–Kier alpha value is -11.8. The molecule has 0 aromatic heterocycles. The second-order valence-corrected chi connectivity index (χ2v) is 24.7. The fourth-order valence-electron chi connectivity index (χ4n) is 8.63. The quantitative estimate of drug-likeness (QED) is 0.0134. The predicted octanol–water partition coefficient (Wildman–Crippen LogP) is -8.25. The van der Waals surface area contributed by atoms with E-state index in [0.29, 0.717) is 41.6 Å². The predicted molar refractivity (Wildman–Crippen MR) is 366 cm³/mol. The van der Waals surface area contributed by atoms with Crippen LogP contribution in [0.25, 0.3) is 0 Å². The molecule has 0 saturated carbocycles. The van der Waals surface area contributed by atoms with Gasteiger partial charge in [0.25, 0.3) is 11.8 Å². The van der Waals surface area contributed by atoms with Gasteiger partial charge in [-0.15, -0.1) is 0 Å². The zero-order valence-electron chi connectivity index (χ0n) is 60.2. The van der Waals surface area contributed by atoms with Gasteiger partial charge in [-0.05, 0) is 103 Å². The van der Waals surface area contributed by atoms with E-state index in [2.05, 4.69) is 50.4 Å². The summed E-state index contributed by atoms with van der Waals surface area (Å²) in [5.74, 6) is -13.6. The fourth-order valence-corrected chi connectivity index (χ4v) is 8.63. The number of quaternary nitrogens is 6. The molecule has 0 spiro atoms. The molecular weight excluding hydrogens is 1400 g/mol. The Balaban J connectivity index is 0.000000643. The van der Waals surface area contributed by atoms with Gasteiger partial charge in [-0.3, -0.25) is 38.4 Å². The van der Waals surface area contributed by atoms with Gasteiger partial charge in [-0.2, -0.15) is 8.78 Å². The lowest BCUT2D eigenvalue weighted by Gasteiger charge is -2.14. The number of hydrogen-bond donors (Lipinski definition) is 9. The molecule has 6 rings (SSSR count). The third kappa shape index (κ3) is 39.0. The summed E-state index contributed by atoms with van der Waals surface area (Å²) in [6.07, 6.45) is 2.41. The number of carbonyl (C=O) groups is 15. The lowest BCUT2D eigenvalue weighted by Crippen LogP contribution is -2.69. The van der Waals surface area contributed by atoms with E-state index in [9.17, 15) is 111 Å². The van der Waals surface area contributed by atoms with Crippen molar-refractivity contribution in [3.63, 3.8) is 0 Å². The molecule has 21 N–H and O–H groups in total. The first kappa shape index (κ1) is 93.2. The molecule has 0 saturated heterocycles. The SMILES string of the molecule is CC(=O)C(=O)Nc1ccc(C[C@H]([NH3+])C(=O)[O-])cc1.CC(=O)C(F)(F)c1ccc(C[C@H]([NH3+])C(=O)[O-])cc1.CC(=O)CCC(=O)c1ccc(C[C@H]([NH3+])C(=O)[O-])cc1.CC(=O)CNC(=O)c1ccc(C[C@H]([NH3+])C(=O)[O-])cc1.CC(=O)CNc1ccc(C[C@H]([NH3+])C(=O)[O-])cc1.CC(=O)Cc1ccc(C[C@H]([NH3+])C(=O)[O-])cc1. The second kappa shape index (κ2) is 47.5. The van der Waals surface area contributed by atoms with Crippen LogP contribution in [0.15, 0.2) is 146 Å². The molecule has 6 atom stereocenters. The Bertz CT molecular complexity index is 3920. The molecule has 6 aromatic carbocycles. The summed E-state index contributed by atoms with van der Waals surface area (Å²) in [7, 11) is 0. The van der Waals surface area contributed by atoms with Crippen molar-refractivity contribution >= 4 is 99.5 Å². The molecule has 0 unspecified atom stereocenters. The van der Waals surface area contributed by atoms with Gasteiger partial charge in [-0.25, -0.2) is 0 Å². The first-order valence-electron chi connectivity index (χ1n) is 32.9. The first-order chi connectivity index (χ1) is 49.9. The molecule has 2 amide bonds. The number of hydrogen-bond acceptors (Lipinski definition) is 22. The number of aliphatic carboxylic acids is 6. The minimum Gasteiger partial charge on any atom is -0.544 e.